The molecule has 2 amide bonds. The fourth-order valence-corrected chi connectivity index (χ4v) is 5.81. The van der Waals surface area contributed by atoms with Crippen LogP contribution in [0.4, 0.5) is 0 Å². The Balaban J connectivity index is 1.58. The Morgan fingerprint density at radius 2 is 1.46 bits per heavy atom. The lowest BCUT2D eigenvalue weighted by Crippen LogP contribution is -2.61. The predicted octanol–water partition coefficient (Wildman–Crippen LogP) is 3.82. The van der Waals surface area contributed by atoms with Crippen LogP contribution in [-0.4, -0.2) is 55.1 Å². The van der Waals surface area contributed by atoms with Crippen LogP contribution in [-0.2, 0) is 26.8 Å². The van der Waals surface area contributed by atoms with Crippen LogP contribution in [0.1, 0.15) is 42.3 Å². The van der Waals surface area contributed by atoms with Crippen molar-refractivity contribution in [1.82, 2.24) is 14.5 Å². The van der Waals surface area contributed by atoms with Gasteiger partial charge in [-0.15, -0.1) is 0 Å². The molecule has 194 valence electrons. The number of hydrogen-bond acceptors (Lipinski definition) is 4. The highest BCUT2D eigenvalue weighted by Crippen LogP contribution is 2.26. The third kappa shape index (κ3) is 6.09. The van der Waals surface area contributed by atoms with Crippen LogP contribution >= 0.6 is 0 Å². The summed E-state index contributed by atoms with van der Waals surface area (Å²) in [7, 11) is -3.86. The smallest absolute Gasteiger partial charge is 0.254 e. The number of sulfonamides is 1. The average molecular weight is 520 g/mol. The molecule has 0 spiro atoms. The third-order valence-corrected chi connectivity index (χ3v) is 8.47. The van der Waals surface area contributed by atoms with E-state index in [1.54, 1.807) is 36.4 Å². The molecule has 0 saturated carbocycles. The molecule has 0 aromatic heterocycles. The zero-order valence-electron chi connectivity index (χ0n) is 21.4. The summed E-state index contributed by atoms with van der Waals surface area (Å²) in [6, 6.07) is 24.1. The number of hydrogen-bond donors (Lipinski definition) is 1. The summed E-state index contributed by atoms with van der Waals surface area (Å²) >= 11 is 0. The summed E-state index contributed by atoms with van der Waals surface area (Å²) in [5, 5.41) is 2.89. The van der Waals surface area contributed by atoms with E-state index in [0.717, 1.165) is 11.1 Å². The van der Waals surface area contributed by atoms with Crippen molar-refractivity contribution < 1.29 is 18.0 Å². The number of nitrogens with one attached hydrogen (secondary N) is 1. The molecular formula is C29H33N3O4S. The van der Waals surface area contributed by atoms with Gasteiger partial charge in [0.25, 0.3) is 5.91 Å². The highest BCUT2D eigenvalue weighted by atomic mass is 32.2. The molecule has 0 aliphatic carbocycles. The Morgan fingerprint density at radius 1 is 0.865 bits per heavy atom. The van der Waals surface area contributed by atoms with Crippen molar-refractivity contribution in [3.63, 3.8) is 0 Å². The van der Waals surface area contributed by atoms with Crippen molar-refractivity contribution in [2.24, 2.45) is 0 Å². The minimum Gasteiger partial charge on any atom is -0.350 e. The van der Waals surface area contributed by atoms with Crippen LogP contribution in [0.25, 0.3) is 0 Å². The van der Waals surface area contributed by atoms with E-state index < -0.39 is 22.0 Å². The van der Waals surface area contributed by atoms with E-state index in [1.165, 1.54) is 9.21 Å². The summed E-state index contributed by atoms with van der Waals surface area (Å²) in [4.78, 5) is 28.3. The minimum absolute atomic E-state index is 0.102. The Bertz CT molecular complexity index is 1340. The molecule has 3 aromatic carbocycles. The summed E-state index contributed by atoms with van der Waals surface area (Å²) in [6.45, 7) is 6.57. The molecule has 0 radical (unpaired) electrons. The second kappa shape index (κ2) is 10.9. The molecule has 3 aromatic rings. The lowest BCUT2D eigenvalue weighted by atomic mass is 9.87. The summed E-state index contributed by atoms with van der Waals surface area (Å²) < 4.78 is 28.4. The molecule has 1 aliphatic heterocycles. The fourth-order valence-electron chi connectivity index (χ4n) is 4.37. The molecule has 0 bridgehead atoms. The van der Waals surface area contributed by atoms with Crippen LogP contribution in [0.3, 0.4) is 0 Å². The Kier molecular flexibility index (Phi) is 7.80. The topological polar surface area (TPSA) is 86.8 Å². The van der Waals surface area contributed by atoms with Crippen LogP contribution in [0.15, 0.2) is 89.8 Å². The first-order chi connectivity index (χ1) is 17.6. The van der Waals surface area contributed by atoms with Gasteiger partial charge in [-0.25, -0.2) is 8.42 Å². The van der Waals surface area contributed by atoms with E-state index in [4.69, 9.17) is 0 Å². The standard InChI is InChI=1S/C29H33N3O4S/c1-29(2,3)24-14-16-25(17-15-24)37(35,36)31-18-19-32(28(34)23-12-8-5-9-13-23)26(21-31)27(33)30-20-22-10-6-4-7-11-22/h4-17,26H,18-21H2,1-3H3,(H,30,33). The highest BCUT2D eigenvalue weighted by molar-refractivity contribution is 7.89. The second-order valence-corrected chi connectivity index (χ2v) is 12.2. The van der Waals surface area contributed by atoms with Gasteiger partial charge in [-0.2, -0.15) is 4.31 Å². The van der Waals surface area contributed by atoms with Crippen molar-refractivity contribution in [1.29, 1.82) is 0 Å². The number of piperazine rings is 1. The van der Waals surface area contributed by atoms with Crippen LogP contribution in [0, 0.1) is 0 Å². The summed E-state index contributed by atoms with van der Waals surface area (Å²) in [6.07, 6.45) is 0. The molecule has 1 heterocycles. The van der Waals surface area contributed by atoms with Crippen molar-refractivity contribution >= 4 is 21.8 Å². The predicted molar refractivity (Wildman–Crippen MR) is 143 cm³/mol. The van der Waals surface area contributed by atoms with Gasteiger partial charge in [0.05, 0.1) is 4.90 Å². The van der Waals surface area contributed by atoms with Gasteiger partial charge in [-0.3, -0.25) is 9.59 Å². The van der Waals surface area contributed by atoms with Crippen LogP contribution in [0.2, 0.25) is 0 Å². The number of rotatable bonds is 6. The van der Waals surface area contributed by atoms with E-state index >= 15 is 0 Å². The molecule has 1 unspecified atom stereocenters. The number of carbonyl (C=O) groups is 2. The van der Waals surface area contributed by atoms with Gasteiger partial charge in [-0.05, 0) is 40.8 Å². The number of carbonyl (C=O) groups excluding carboxylic acids is 2. The summed E-state index contributed by atoms with van der Waals surface area (Å²) in [5.41, 5.74) is 2.30. The number of nitrogens with zero attached hydrogens (tertiary/aromatic N) is 2. The van der Waals surface area contributed by atoms with Crippen LogP contribution < -0.4 is 5.32 Å². The van der Waals surface area contributed by atoms with Gasteiger partial charge in [0.15, 0.2) is 0 Å². The van der Waals surface area contributed by atoms with E-state index in [0.29, 0.717) is 5.56 Å². The Hall–Kier alpha value is -3.49. The SMILES string of the molecule is CC(C)(C)c1ccc(S(=O)(=O)N2CCN(C(=O)c3ccccc3)C(C(=O)NCc3ccccc3)C2)cc1. The van der Waals surface area contributed by atoms with Gasteiger partial charge in [0.2, 0.25) is 15.9 Å². The number of benzene rings is 3. The number of amides is 2. The molecule has 1 aliphatic rings. The largest absolute Gasteiger partial charge is 0.350 e. The van der Waals surface area contributed by atoms with Crippen molar-refractivity contribution in [3.8, 4) is 0 Å². The van der Waals surface area contributed by atoms with E-state index in [-0.39, 0.29) is 42.4 Å². The maximum atomic E-state index is 13.5. The molecular weight excluding hydrogens is 486 g/mol. The Labute approximate surface area is 219 Å². The monoisotopic (exact) mass is 519 g/mol. The van der Waals surface area contributed by atoms with Gasteiger partial charge < -0.3 is 10.2 Å². The molecule has 7 nitrogen and oxygen atoms in total. The maximum Gasteiger partial charge on any atom is 0.254 e. The molecule has 1 fully saturated rings. The normalized spacial score (nSPS) is 16.8. The van der Waals surface area contributed by atoms with Gasteiger partial charge in [-0.1, -0.05) is 81.4 Å². The van der Waals surface area contributed by atoms with E-state index in [2.05, 4.69) is 26.1 Å². The van der Waals surface area contributed by atoms with Crippen molar-refractivity contribution in [2.45, 2.75) is 43.7 Å². The van der Waals surface area contributed by atoms with E-state index in [9.17, 15) is 18.0 Å². The molecule has 8 heteroatoms. The fraction of sp³-hybridized carbons (Fsp3) is 0.310. The maximum absolute atomic E-state index is 13.5. The molecule has 1 atom stereocenters. The molecule has 4 rings (SSSR count). The zero-order valence-corrected chi connectivity index (χ0v) is 22.2. The molecule has 1 N–H and O–H groups in total. The average Bonchev–Trinajstić information content (AvgIpc) is 2.91. The lowest BCUT2D eigenvalue weighted by molar-refractivity contribution is -0.127. The Morgan fingerprint density at radius 3 is 2.05 bits per heavy atom. The second-order valence-electron chi connectivity index (χ2n) is 10.2. The zero-order chi connectivity index (χ0) is 26.6. The van der Waals surface area contributed by atoms with Gasteiger partial charge >= 0.3 is 0 Å². The van der Waals surface area contributed by atoms with E-state index in [1.807, 2.05) is 48.5 Å². The first-order valence-electron chi connectivity index (χ1n) is 12.4. The minimum atomic E-state index is -3.86. The van der Waals surface area contributed by atoms with Crippen LogP contribution in [0.5, 0.6) is 0 Å². The summed E-state index contributed by atoms with van der Waals surface area (Å²) in [5.74, 6) is -0.692. The van der Waals surface area contributed by atoms with Crippen molar-refractivity contribution in [2.75, 3.05) is 19.6 Å². The first kappa shape index (κ1) is 26.6. The molecule has 37 heavy (non-hydrogen) atoms. The lowest BCUT2D eigenvalue weighted by Gasteiger charge is -2.40. The highest BCUT2D eigenvalue weighted by Gasteiger charge is 2.40. The third-order valence-electron chi connectivity index (χ3n) is 6.60. The van der Waals surface area contributed by atoms with Gasteiger partial charge in [0, 0.05) is 31.7 Å². The quantitative estimate of drug-likeness (QED) is 0.537. The first-order valence-corrected chi connectivity index (χ1v) is 13.8. The molecule has 1 saturated heterocycles. The van der Waals surface area contributed by atoms with Crippen molar-refractivity contribution in [3.05, 3.63) is 102 Å². The van der Waals surface area contributed by atoms with Gasteiger partial charge in [0.1, 0.15) is 6.04 Å².